The molecule has 0 aliphatic heterocycles. The zero-order valence-electron chi connectivity index (χ0n) is 21.4. The van der Waals surface area contributed by atoms with Crippen LogP contribution in [-0.2, 0) is 0 Å². The van der Waals surface area contributed by atoms with Crippen molar-refractivity contribution in [1.82, 2.24) is 0 Å². The number of halogens is 6. The van der Waals surface area contributed by atoms with Crippen molar-refractivity contribution in [2.75, 3.05) is 10.6 Å². The molecule has 41 heavy (non-hydrogen) atoms. The van der Waals surface area contributed by atoms with Crippen LogP contribution >= 0.6 is 0 Å². The van der Waals surface area contributed by atoms with Crippen molar-refractivity contribution in [2.45, 2.75) is 13.8 Å². The Hall–Kier alpha value is -5.20. The van der Waals surface area contributed by atoms with Gasteiger partial charge in [0.05, 0.1) is 10.5 Å². The number of nitrogens with one attached hydrogen (secondary N) is 2. The van der Waals surface area contributed by atoms with Crippen molar-refractivity contribution in [3.8, 4) is 0 Å². The van der Waals surface area contributed by atoms with Crippen LogP contribution in [-0.4, -0.2) is 16.7 Å². The van der Waals surface area contributed by atoms with Crippen LogP contribution in [0.4, 0.5) is 43.4 Å². The third-order valence-corrected chi connectivity index (χ3v) is 4.91. The van der Waals surface area contributed by atoms with Gasteiger partial charge in [-0.05, 0) is 30.3 Å². The molecule has 0 unspecified atom stereocenters. The fourth-order valence-corrected chi connectivity index (χ4v) is 3.04. The molecular weight excluding hydrogens is 556 g/mol. The molecule has 2 amide bonds. The van der Waals surface area contributed by atoms with Crippen LogP contribution in [0.25, 0.3) is 0 Å². The van der Waals surface area contributed by atoms with Crippen molar-refractivity contribution in [2.24, 2.45) is 0 Å². The number of nitro groups is 1. The molecule has 0 aliphatic rings. The SMILES string of the molecule is CC.O=C(Nc1ccccc1)c1c(F)c(F)c(F)c(F)c1F.O=C(Nc1ccccc1)c1cc([N+](=O)[O-])ccc1F. The zero-order chi connectivity index (χ0) is 30.7. The standard InChI is InChI=1S/C13H6F5NO.C13H9FN2O3.C2H6/c14-8-7(9(15)11(17)12(18)10(8)16)13(20)19-6-4-2-1-3-5-6;14-12-7-6-10(16(18)19)8-11(12)13(17)15-9-4-2-1-3-5-9;1-2/h1-5H,(H,19,20);1-8H,(H,15,17);1-2H3. The van der Waals surface area contributed by atoms with Crippen LogP contribution in [0, 0.1) is 45.0 Å². The summed E-state index contributed by atoms with van der Waals surface area (Å²) in [5, 5.41) is 15.1. The molecule has 4 aromatic rings. The van der Waals surface area contributed by atoms with Gasteiger partial charge in [0.1, 0.15) is 11.4 Å². The lowest BCUT2D eigenvalue weighted by Gasteiger charge is -2.09. The van der Waals surface area contributed by atoms with Crippen LogP contribution < -0.4 is 10.6 Å². The molecule has 0 bridgehead atoms. The van der Waals surface area contributed by atoms with Gasteiger partial charge in [0.25, 0.3) is 17.5 Å². The molecule has 0 atom stereocenters. The molecule has 4 rings (SSSR count). The van der Waals surface area contributed by atoms with Crippen molar-refractivity contribution >= 4 is 28.9 Å². The maximum absolute atomic E-state index is 13.5. The number of nitrogens with zero attached hydrogens (tertiary/aromatic N) is 1. The molecule has 0 spiro atoms. The summed E-state index contributed by atoms with van der Waals surface area (Å²) >= 11 is 0. The number of carbonyl (C=O) groups excluding carboxylic acids is 2. The van der Waals surface area contributed by atoms with E-state index in [0.29, 0.717) is 5.69 Å². The van der Waals surface area contributed by atoms with E-state index in [0.717, 1.165) is 18.2 Å². The predicted molar refractivity (Wildman–Crippen MR) is 139 cm³/mol. The summed E-state index contributed by atoms with van der Waals surface area (Å²) in [5.74, 6) is -13.9. The maximum atomic E-state index is 13.5. The molecule has 0 heterocycles. The number of amides is 2. The lowest BCUT2D eigenvalue weighted by molar-refractivity contribution is -0.384. The summed E-state index contributed by atoms with van der Waals surface area (Å²) in [6.07, 6.45) is 0. The molecule has 13 heteroatoms. The molecule has 7 nitrogen and oxygen atoms in total. The van der Waals surface area contributed by atoms with E-state index in [1.807, 2.05) is 19.2 Å². The number of para-hydroxylation sites is 2. The van der Waals surface area contributed by atoms with Crippen LogP contribution in [0.15, 0.2) is 78.9 Å². The minimum atomic E-state index is -2.31. The Bertz CT molecular complexity index is 1510. The number of benzene rings is 4. The first-order chi connectivity index (χ1) is 19.5. The Labute approximate surface area is 229 Å². The average molecular weight is 577 g/mol. The predicted octanol–water partition coefficient (Wildman–Crippen LogP) is 7.65. The smallest absolute Gasteiger partial charge is 0.270 e. The highest BCUT2D eigenvalue weighted by Crippen LogP contribution is 2.24. The third-order valence-electron chi connectivity index (χ3n) is 4.91. The number of anilines is 2. The summed E-state index contributed by atoms with van der Waals surface area (Å²) in [5.41, 5.74) is -1.58. The number of nitro benzene ring substituents is 1. The van der Waals surface area contributed by atoms with E-state index in [9.17, 15) is 46.0 Å². The second-order valence-electron chi connectivity index (χ2n) is 7.51. The first-order valence-electron chi connectivity index (χ1n) is 11.7. The quantitative estimate of drug-likeness (QED) is 0.0837. The Morgan fingerprint density at radius 3 is 1.49 bits per heavy atom. The summed E-state index contributed by atoms with van der Waals surface area (Å²) in [6, 6.07) is 18.7. The average Bonchev–Trinajstić information content (AvgIpc) is 2.97. The van der Waals surface area contributed by atoms with E-state index in [2.05, 4.69) is 5.32 Å². The van der Waals surface area contributed by atoms with Gasteiger partial charge in [-0.2, -0.15) is 0 Å². The Morgan fingerprint density at radius 2 is 1.05 bits per heavy atom. The molecule has 2 N–H and O–H groups in total. The first kappa shape index (κ1) is 32.0. The summed E-state index contributed by atoms with van der Waals surface area (Å²) in [4.78, 5) is 33.4. The Morgan fingerprint density at radius 1 is 0.634 bits per heavy atom. The lowest BCUT2D eigenvalue weighted by Crippen LogP contribution is -2.19. The monoisotopic (exact) mass is 577 g/mol. The van der Waals surface area contributed by atoms with E-state index < -0.39 is 57.2 Å². The van der Waals surface area contributed by atoms with Gasteiger partial charge in [0.15, 0.2) is 23.3 Å². The number of rotatable bonds is 5. The highest BCUT2D eigenvalue weighted by Gasteiger charge is 2.29. The highest BCUT2D eigenvalue weighted by molar-refractivity contribution is 6.05. The van der Waals surface area contributed by atoms with E-state index in [1.54, 1.807) is 36.4 Å². The number of non-ortho nitro benzene ring substituents is 1. The van der Waals surface area contributed by atoms with Crippen LogP contribution in [0.3, 0.4) is 0 Å². The molecular formula is C28H21F6N3O4. The van der Waals surface area contributed by atoms with E-state index in [-0.39, 0.29) is 16.9 Å². The Balaban J connectivity index is 0.000000271. The topological polar surface area (TPSA) is 101 Å². The van der Waals surface area contributed by atoms with Crippen molar-refractivity contribution in [1.29, 1.82) is 0 Å². The molecule has 0 saturated heterocycles. The van der Waals surface area contributed by atoms with Crippen molar-refractivity contribution < 1.29 is 40.9 Å². The maximum Gasteiger partial charge on any atom is 0.270 e. The summed E-state index contributed by atoms with van der Waals surface area (Å²) in [6.45, 7) is 4.00. The minimum absolute atomic E-state index is 0.154. The second kappa shape index (κ2) is 14.8. The van der Waals surface area contributed by atoms with Crippen molar-refractivity contribution in [3.63, 3.8) is 0 Å². The van der Waals surface area contributed by atoms with Crippen LogP contribution in [0.5, 0.6) is 0 Å². The van der Waals surface area contributed by atoms with Gasteiger partial charge in [0, 0.05) is 23.5 Å². The molecule has 0 aliphatic carbocycles. The number of hydrogen-bond acceptors (Lipinski definition) is 4. The number of hydrogen-bond donors (Lipinski definition) is 2. The second-order valence-corrected chi connectivity index (χ2v) is 7.51. The molecule has 0 radical (unpaired) electrons. The summed E-state index contributed by atoms with van der Waals surface area (Å²) < 4.78 is 79.0. The van der Waals surface area contributed by atoms with Gasteiger partial charge < -0.3 is 10.6 Å². The van der Waals surface area contributed by atoms with E-state index in [1.165, 1.54) is 24.3 Å². The normalized spacial score (nSPS) is 9.85. The van der Waals surface area contributed by atoms with Crippen LogP contribution in [0.2, 0.25) is 0 Å². The highest BCUT2D eigenvalue weighted by atomic mass is 19.2. The molecule has 214 valence electrons. The largest absolute Gasteiger partial charge is 0.322 e. The van der Waals surface area contributed by atoms with Gasteiger partial charge in [-0.15, -0.1) is 0 Å². The molecule has 0 aromatic heterocycles. The van der Waals surface area contributed by atoms with E-state index >= 15 is 0 Å². The first-order valence-corrected chi connectivity index (χ1v) is 11.7. The van der Waals surface area contributed by atoms with Gasteiger partial charge in [0.2, 0.25) is 5.82 Å². The Kier molecular flexibility index (Phi) is 11.6. The van der Waals surface area contributed by atoms with Crippen LogP contribution in [0.1, 0.15) is 34.6 Å². The van der Waals surface area contributed by atoms with Gasteiger partial charge in [-0.3, -0.25) is 19.7 Å². The fraction of sp³-hybridized carbons (Fsp3) is 0.0714. The van der Waals surface area contributed by atoms with Gasteiger partial charge >= 0.3 is 0 Å². The molecule has 0 fully saturated rings. The summed E-state index contributed by atoms with van der Waals surface area (Å²) in [7, 11) is 0. The van der Waals surface area contributed by atoms with Gasteiger partial charge in [-0.1, -0.05) is 50.2 Å². The minimum Gasteiger partial charge on any atom is -0.322 e. The lowest BCUT2D eigenvalue weighted by atomic mass is 10.1. The fourth-order valence-electron chi connectivity index (χ4n) is 3.04. The van der Waals surface area contributed by atoms with Crippen molar-refractivity contribution in [3.05, 3.63) is 135 Å². The molecule has 4 aromatic carbocycles. The number of carbonyl (C=O) groups is 2. The zero-order valence-corrected chi connectivity index (χ0v) is 21.4. The third kappa shape index (κ3) is 8.14. The van der Waals surface area contributed by atoms with E-state index in [4.69, 9.17) is 0 Å². The molecule has 0 saturated carbocycles. The van der Waals surface area contributed by atoms with Gasteiger partial charge in [-0.25, -0.2) is 26.3 Å².